The molecule has 1 atom stereocenters. The third kappa shape index (κ3) is 5.05. The SMILES string of the molecule is CC(CNCc1cnccc1NS(=O)(=O)c1cccs1)C1CCCCC1. The number of anilines is 1. The van der Waals surface area contributed by atoms with Crippen molar-refractivity contribution in [3.8, 4) is 0 Å². The number of nitrogens with zero attached hydrogens (tertiary/aromatic N) is 1. The Labute approximate surface area is 160 Å². The van der Waals surface area contributed by atoms with Gasteiger partial charge in [-0.2, -0.15) is 0 Å². The minimum atomic E-state index is -3.54. The highest BCUT2D eigenvalue weighted by molar-refractivity contribution is 7.94. The molecule has 1 fully saturated rings. The molecule has 0 saturated heterocycles. The van der Waals surface area contributed by atoms with Crippen molar-refractivity contribution in [2.45, 2.75) is 49.8 Å². The molecule has 0 aromatic carbocycles. The Bertz CT molecular complexity index is 785. The molecule has 0 bridgehead atoms. The van der Waals surface area contributed by atoms with Gasteiger partial charge in [0.2, 0.25) is 0 Å². The lowest BCUT2D eigenvalue weighted by molar-refractivity contribution is 0.256. The first-order valence-corrected chi connectivity index (χ1v) is 11.6. The number of aromatic nitrogens is 1. The van der Waals surface area contributed by atoms with Gasteiger partial charge in [-0.15, -0.1) is 11.3 Å². The second-order valence-electron chi connectivity index (χ2n) is 7.08. The van der Waals surface area contributed by atoms with Crippen molar-refractivity contribution in [1.29, 1.82) is 0 Å². The molecule has 7 heteroatoms. The smallest absolute Gasteiger partial charge is 0.271 e. The van der Waals surface area contributed by atoms with Crippen molar-refractivity contribution in [2.75, 3.05) is 11.3 Å². The van der Waals surface area contributed by atoms with Gasteiger partial charge in [0, 0.05) is 24.5 Å². The van der Waals surface area contributed by atoms with Crippen LogP contribution in [-0.2, 0) is 16.6 Å². The molecule has 0 amide bonds. The van der Waals surface area contributed by atoms with E-state index in [0.717, 1.165) is 18.0 Å². The number of thiophene rings is 1. The number of hydrogen-bond donors (Lipinski definition) is 2. The molecule has 0 aliphatic heterocycles. The Morgan fingerprint density at radius 3 is 2.81 bits per heavy atom. The molecule has 2 N–H and O–H groups in total. The van der Waals surface area contributed by atoms with Crippen LogP contribution in [0.5, 0.6) is 0 Å². The second-order valence-corrected chi connectivity index (χ2v) is 9.93. The normalized spacial score (nSPS) is 17.1. The molecule has 1 aliphatic rings. The van der Waals surface area contributed by atoms with Gasteiger partial charge >= 0.3 is 0 Å². The largest absolute Gasteiger partial charge is 0.312 e. The monoisotopic (exact) mass is 393 g/mol. The van der Waals surface area contributed by atoms with E-state index in [4.69, 9.17) is 0 Å². The van der Waals surface area contributed by atoms with Crippen molar-refractivity contribution >= 4 is 27.0 Å². The van der Waals surface area contributed by atoms with E-state index in [9.17, 15) is 8.42 Å². The molecule has 5 nitrogen and oxygen atoms in total. The summed E-state index contributed by atoms with van der Waals surface area (Å²) in [4.78, 5) is 4.15. The minimum absolute atomic E-state index is 0.319. The van der Waals surface area contributed by atoms with Gasteiger partial charge < -0.3 is 5.32 Å². The van der Waals surface area contributed by atoms with Crippen LogP contribution in [0.4, 0.5) is 5.69 Å². The van der Waals surface area contributed by atoms with E-state index in [1.54, 1.807) is 36.0 Å². The van der Waals surface area contributed by atoms with Crippen LogP contribution in [0, 0.1) is 11.8 Å². The maximum atomic E-state index is 12.5. The van der Waals surface area contributed by atoms with Crippen LogP contribution in [0.2, 0.25) is 0 Å². The first kappa shape index (κ1) is 19.3. The van der Waals surface area contributed by atoms with Crippen molar-refractivity contribution in [3.63, 3.8) is 0 Å². The maximum absolute atomic E-state index is 12.5. The summed E-state index contributed by atoms with van der Waals surface area (Å²) in [6, 6.07) is 5.06. The Hall–Kier alpha value is -1.44. The van der Waals surface area contributed by atoms with Gasteiger partial charge in [-0.25, -0.2) is 8.42 Å². The van der Waals surface area contributed by atoms with E-state index >= 15 is 0 Å². The predicted octanol–water partition coefficient (Wildman–Crippen LogP) is 4.25. The van der Waals surface area contributed by atoms with Gasteiger partial charge in [0.05, 0.1) is 5.69 Å². The van der Waals surface area contributed by atoms with Crippen LogP contribution >= 0.6 is 11.3 Å². The molecular weight excluding hydrogens is 366 g/mol. The summed E-state index contributed by atoms with van der Waals surface area (Å²) in [6.45, 7) is 3.86. The number of nitrogens with one attached hydrogen (secondary N) is 2. The quantitative estimate of drug-likeness (QED) is 0.703. The summed E-state index contributed by atoms with van der Waals surface area (Å²) >= 11 is 1.21. The van der Waals surface area contributed by atoms with Crippen molar-refractivity contribution in [2.24, 2.45) is 11.8 Å². The van der Waals surface area contributed by atoms with Crippen molar-refractivity contribution < 1.29 is 8.42 Å². The van der Waals surface area contributed by atoms with Crippen LogP contribution in [0.15, 0.2) is 40.2 Å². The van der Waals surface area contributed by atoms with Gasteiger partial charge in [-0.1, -0.05) is 45.1 Å². The van der Waals surface area contributed by atoms with Crippen LogP contribution in [-0.4, -0.2) is 19.9 Å². The van der Waals surface area contributed by atoms with E-state index in [-0.39, 0.29) is 0 Å². The van der Waals surface area contributed by atoms with Gasteiger partial charge in [-0.3, -0.25) is 9.71 Å². The van der Waals surface area contributed by atoms with E-state index in [1.807, 2.05) is 0 Å². The third-order valence-electron chi connectivity index (χ3n) is 5.14. The van der Waals surface area contributed by atoms with Crippen LogP contribution in [0.3, 0.4) is 0 Å². The highest BCUT2D eigenvalue weighted by atomic mass is 32.2. The van der Waals surface area contributed by atoms with Gasteiger partial charge in [-0.05, 0) is 35.9 Å². The van der Waals surface area contributed by atoms with E-state index in [1.165, 1.54) is 43.4 Å². The maximum Gasteiger partial charge on any atom is 0.271 e. The van der Waals surface area contributed by atoms with Crippen molar-refractivity contribution in [1.82, 2.24) is 10.3 Å². The average Bonchev–Trinajstić information content (AvgIpc) is 3.19. The zero-order valence-electron chi connectivity index (χ0n) is 15.1. The molecule has 1 unspecified atom stereocenters. The fourth-order valence-corrected chi connectivity index (χ4v) is 5.68. The molecule has 1 saturated carbocycles. The molecule has 0 spiro atoms. The van der Waals surface area contributed by atoms with Gasteiger partial charge in [0.15, 0.2) is 0 Å². The van der Waals surface area contributed by atoms with E-state index in [2.05, 4.69) is 21.9 Å². The molecule has 2 aromatic rings. The Balaban J connectivity index is 1.59. The first-order valence-electron chi connectivity index (χ1n) is 9.26. The van der Waals surface area contributed by atoms with E-state index in [0.29, 0.717) is 22.4 Å². The molecule has 142 valence electrons. The Morgan fingerprint density at radius 2 is 2.08 bits per heavy atom. The molecule has 2 heterocycles. The highest BCUT2D eigenvalue weighted by Crippen LogP contribution is 2.29. The van der Waals surface area contributed by atoms with Crippen LogP contribution in [0.25, 0.3) is 0 Å². The molecule has 0 radical (unpaired) electrons. The Morgan fingerprint density at radius 1 is 1.27 bits per heavy atom. The van der Waals surface area contributed by atoms with Crippen LogP contribution < -0.4 is 10.0 Å². The lowest BCUT2D eigenvalue weighted by Crippen LogP contribution is -2.27. The first-order chi connectivity index (χ1) is 12.6. The molecule has 1 aliphatic carbocycles. The number of pyridine rings is 1. The molecule has 2 aromatic heterocycles. The summed E-state index contributed by atoms with van der Waals surface area (Å²) in [5.41, 5.74) is 1.45. The van der Waals surface area contributed by atoms with E-state index < -0.39 is 10.0 Å². The average molecular weight is 394 g/mol. The van der Waals surface area contributed by atoms with Crippen molar-refractivity contribution in [3.05, 3.63) is 41.5 Å². The number of hydrogen-bond acceptors (Lipinski definition) is 5. The molecule has 26 heavy (non-hydrogen) atoms. The summed E-state index contributed by atoms with van der Waals surface area (Å²) in [5, 5.41) is 5.25. The molecule has 3 rings (SSSR count). The predicted molar refractivity (Wildman–Crippen MR) is 107 cm³/mol. The fourth-order valence-electron chi connectivity index (χ4n) is 3.58. The lowest BCUT2D eigenvalue weighted by atomic mass is 9.81. The zero-order valence-corrected chi connectivity index (χ0v) is 16.8. The Kier molecular flexibility index (Phi) is 6.67. The summed E-state index contributed by atoms with van der Waals surface area (Å²) in [7, 11) is -3.54. The number of rotatable bonds is 8. The fraction of sp³-hybridized carbons (Fsp3) is 0.526. The summed E-state index contributed by atoms with van der Waals surface area (Å²) in [6.07, 6.45) is 10.1. The standard InChI is InChI=1S/C19H27N3O2S2/c1-15(16-6-3-2-4-7-16)12-21-14-17-13-20-10-9-18(17)22-26(23,24)19-8-5-11-25-19/h5,8-11,13,15-16,21H,2-4,6-7,12,14H2,1H3,(H,20,22). The van der Waals surface area contributed by atoms with Crippen LogP contribution in [0.1, 0.15) is 44.6 Å². The second kappa shape index (κ2) is 8.97. The zero-order chi connectivity index (χ0) is 18.4. The third-order valence-corrected chi connectivity index (χ3v) is 7.91. The summed E-state index contributed by atoms with van der Waals surface area (Å²) in [5.74, 6) is 1.44. The lowest BCUT2D eigenvalue weighted by Gasteiger charge is -2.28. The minimum Gasteiger partial charge on any atom is -0.312 e. The molecular formula is C19H27N3O2S2. The topological polar surface area (TPSA) is 71.1 Å². The highest BCUT2D eigenvalue weighted by Gasteiger charge is 2.20. The summed E-state index contributed by atoms with van der Waals surface area (Å²) < 4.78 is 27.9. The van der Waals surface area contributed by atoms with Gasteiger partial charge in [0.25, 0.3) is 10.0 Å². The number of sulfonamides is 1. The van der Waals surface area contributed by atoms with Gasteiger partial charge in [0.1, 0.15) is 4.21 Å².